The van der Waals surface area contributed by atoms with Crippen LogP contribution < -0.4 is 4.74 Å². The number of benzene rings is 2. The van der Waals surface area contributed by atoms with Gasteiger partial charge in [0.15, 0.2) is 19.0 Å². The molecule has 0 fully saturated rings. The van der Waals surface area contributed by atoms with Crippen molar-refractivity contribution in [3.8, 4) is 17.1 Å². The lowest BCUT2D eigenvalue weighted by atomic mass is 10.1. The van der Waals surface area contributed by atoms with Gasteiger partial charge in [-0.2, -0.15) is 4.98 Å². The maximum Gasteiger partial charge on any atom is 0.344 e. The van der Waals surface area contributed by atoms with Crippen molar-refractivity contribution in [2.75, 3.05) is 6.61 Å². The predicted octanol–water partition coefficient (Wildman–Crippen LogP) is 3.71. The Hall–Kier alpha value is -3.19. The number of nitrogens with zero attached hydrogens (tertiary/aromatic N) is 2. The molecule has 0 saturated carbocycles. The quantitative estimate of drug-likeness (QED) is 0.451. The third kappa shape index (κ3) is 5.15. The molecule has 7 nitrogen and oxygen atoms in total. The maximum atomic E-state index is 11.8. The van der Waals surface area contributed by atoms with E-state index in [0.29, 0.717) is 27.7 Å². The number of rotatable bonds is 7. The Kier molecular flexibility index (Phi) is 5.83. The first kappa shape index (κ1) is 18.6. The summed E-state index contributed by atoms with van der Waals surface area (Å²) in [5.74, 6) is 0.207. The molecule has 0 amide bonds. The standard InChI is InChI=1S/C19H15ClN2O5/c1-12(23)13-4-3-7-16(9-13)25-11-18(24)26-10-17-21-19(22-27-17)14-5-2-6-15(20)8-14/h2-9H,10-11H2,1H3. The van der Waals surface area contributed by atoms with E-state index in [1.165, 1.54) is 6.92 Å². The molecule has 2 aromatic carbocycles. The van der Waals surface area contributed by atoms with Crippen molar-refractivity contribution in [1.29, 1.82) is 0 Å². The Labute approximate surface area is 159 Å². The first-order valence-corrected chi connectivity index (χ1v) is 8.37. The Balaban J connectivity index is 1.51. The average molecular weight is 387 g/mol. The lowest BCUT2D eigenvalue weighted by Gasteiger charge is -2.06. The summed E-state index contributed by atoms with van der Waals surface area (Å²) in [4.78, 5) is 27.3. The number of halogens is 1. The summed E-state index contributed by atoms with van der Waals surface area (Å²) >= 11 is 5.93. The van der Waals surface area contributed by atoms with Crippen molar-refractivity contribution in [3.63, 3.8) is 0 Å². The predicted molar refractivity (Wildman–Crippen MR) is 96.5 cm³/mol. The van der Waals surface area contributed by atoms with Gasteiger partial charge in [-0.3, -0.25) is 4.79 Å². The number of carbonyl (C=O) groups excluding carboxylic acids is 2. The van der Waals surface area contributed by atoms with Gasteiger partial charge in [0.05, 0.1) is 0 Å². The monoisotopic (exact) mass is 386 g/mol. The van der Waals surface area contributed by atoms with E-state index >= 15 is 0 Å². The molecular formula is C19H15ClN2O5. The zero-order valence-electron chi connectivity index (χ0n) is 14.3. The van der Waals surface area contributed by atoms with E-state index < -0.39 is 5.97 Å². The molecule has 0 radical (unpaired) electrons. The molecule has 0 spiro atoms. The number of esters is 1. The summed E-state index contributed by atoms with van der Waals surface area (Å²) in [7, 11) is 0. The highest BCUT2D eigenvalue weighted by molar-refractivity contribution is 6.30. The average Bonchev–Trinajstić information content (AvgIpc) is 3.14. The molecule has 1 aromatic heterocycles. The van der Waals surface area contributed by atoms with E-state index in [-0.39, 0.29) is 24.9 Å². The van der Waals surface area contributed by atoms with E-state index in [0.717, 1.165) is 0 Å². The number of Topliss-reactive ketones (excluding diaryl/α,β-unsaturated/α-hetero) is 1. The Morgan fingerprint density at radius 1 is 1.15 bits per heavy atom. The number of aromatic nitrogens is 2. The van der Waals surface area contributed by atoms with Gasteiger partial charge < -0.3 is 14.0 Å². The molecule has 0 atom stereocenters. The highest BCUT2D eigenvalue weighted by atomic mass is 35.5. The Bertz CT molecular complexity index is 970. The second kappa shape index (κ2) is 8.46. The number of hydrogen-bond donors (Lipinski definition) is 0. The van der Waals surface area contributed by atoms with Crippen molar-refractivity contribution in [2.24, 2.45) is 0 Å². The highest BCUT2D eigenvalue weighted by Crippen LogP contribution is 2.20. The van der Waals surface area contributed by atoms with Crippen LogP contribution in [-0.2, 0) is 16.1 Å². The van der Waals surface area contributed by atoms with Gasteiger partial charge in [-0.1, -0.05) is 41.0 Å². The zero-order chi connectivity index (χ0) is 19.2. The van der Waals surface area contributed by atoms with Crippen LogP contribution >= 0.6 is 11.6 Å². The van der Waals surface area contributed by atoms with Crippen LogP contribution in [0.5, 0.6) is 5.75 Å². The fourth-order valence-corrected chi connectivity index (χ4v) is 2.38. The van der Waals surface area contributed by atoms with Crippen LogP contribution in [0.3, 0.4) is 0 Å². The van der Waals surface area contributed by atoms with E-state index in [1.807, 2.05) is 0 Å². The summed E-state index contributed by atoms with van der Waals surface area (Å²) in [5.41, 5.74) is 1.19. The van der Waals surface area contributed by atoms with Gasteiger partial charge in [0.25, 0.3) is 5.89 Å². The second-order valence-electron chi connectivity index (χ2n) is 5.56. The van der Waals surface area contributed by atoms with E-state index in [4.69, 9.17) is 25.6 Å². The first-order chi connectivity index (χ1) is 13.0. The lowest BCUT2D eigenvalue weighted by Crippen LogP contribution is -2.15. The fourth-order valence-electron chi connectivity index (χ4n) is 2.19. The Morgan fingerprint density at radius 2 is 1.96 bits per heavy atom. The van der Waals surface area contributed by atoms with Crippen LogP contribution in [-0.4, -0.2) is 28.5 Å². The van der Waals surface area contributed by atoms with Gasteiger partial charge in [0.1, 0.15) is 5.75 Å². The molecule has 0 bridgehead atoms. The molecule has 0 N–H and O–H groups in total. The molecule has 0 unspecified atom stereocenters. The van der Waals surface area contributed by atoms with Gasteiger partial charge in [-0.15, -0.1) is 0 Å². The zero-order valence-corrected chi connectivity index (χ0v) is 15.1. The Morgan fingerprint density at radius 3 is 2.74 bits per heavy atom. The molecule has 0 aliphatic rings. The molecule has 27 heavy (non-hydrogen) atoms. The third-order valence-electron chi connectivity index (χ3n) is 3.50. The minimum atomic E-state index is -0.606. The van der Waals surface area contributed by atoms with Crippen molar-refractivity contribution in [1.82, 2.24) is 10.1 Å². The van der Waals surface area contributed by atoms with Crippen molar-refractivity contribution in [3.05, 3.63) is 65.0 Å². The van der Waals surface area contributed by atoms with Gasteiger partial charge >= 0.3 is 5.97 Å². The number of carbonyl (C=O) groups is 2. The van der Waals surface area contributed by atoms with Crippen LogP contribution in [0.1, 0.15) is 23.2 Å². The lowest BCUT2D eigenvalue weighted by molar-refractivity contribution is -0.148. The summed E-state index contributed by atoms with van der Waals surface area (Å²) in [6, 6.07) is 13.5. The van der Waals surface area contributed by atoms with Gasteiger partial charge in [-0.05, 0) is 31.2 Å². The molecule has 3 aromatic rings. The van der Waals surface area contributed by atoms with Crippen molar-refractivity contribution < 1.29 is 23.6 Å². The van der Waals surface area contributed by atoms with Crippen LogP contribution in [0.25, 0.3) is 11.4 Å². The number of ketones is 1. The number of hydrogen-bond acceptors (Lipinski definition) is 7. The third-order valence-corrected chi connectivity index (χ3v) is 3.74. The smallest absolute Gasteiger partial charge is 0.344 e. The van der Waals surface area contributed by atoms with Crippen molar-refractivity contribution in [2.45, 2.75) is 13.5 Å². The molecule has 138 valence electrons. The summed E-state index contributed by atoms with van der Waals surface area (Å²) in [5, 5.41) is 4.38. The van der Waals surface area contributed by atoms with Crippen LogP contribution in [0.4, 0.5) is 0 Å². The van der Waals surface area contributed by atoms with Gasteiger partial charge in [0.2, 0.25) is 5.82 Å². The van der Waals surface area contributed by atoms with E-state index in [9.17, 15) is 9.59 Å². The normalized spacial score (nSPS) is 10.4. The molecular weight excluding hydrogens is 372 g/mol. The highest BCUT2D eigenvalue weighted by Gasteiger charge is 2.12. The molecule has 0 saturated heterocycles. The summed E-state index contributed by atoms with van der Waals surface area (Å²) < 4.78 is 15.4. The maximum absolute atomic E-state index is 11.8. The summed E-state index contributed by atoms with van der Waals surface area (Å²) in [6.07, 6.45) is 0. The van der Waals surface area contributed by atoms with E-state index in [2.05, 4.69) is 10.1 Å². The topological polar surface area (TPSA) is 91.5 Å². The van der Waals surface area contributed by atoms with Crippen LogP contribution in [0.2, 0.25) is 5.02 Å². The largest absolute Gasteiger partial charge is 0.482 e. The fraction of sp³-hybridized carbons (Fsp3) is 0.158. The van der Waals surface area contributed by atoms with Crippen molar-refractivity contribution >= 4 is 23.4 Å². The van der Waals surface area contributed by atoms with E-state index in [1.54, 1.807) is 48.5 Å². The molecule has 0 aliphatic carbocycles. The molecule has 0 aliphatic heterocycles. The van der Waals surface area contributed by atoms with Gasteiger partial charge in [-0.25, -0.2) is 4.79 Å². The summed E-state index contributed by atoms with van der Waals surface area (Å²) in [6.45, 7) is 0.968. The van der Waals surface area contributed by atoms with Crippen LogP contribution in [0, 0.1) is 0 Å². The molecule has 3 rings (SSSR count). The molecule has 8 heteroatoms. The van der Waals surface area contributed by atoms with Crippen LogP contribution in [0.15, 0.2) is 53.1 Å². The SMILES string of the molecule is CC(=O)c1cccc(OCC(=O)OCc2nc(-c3cccc(Cl)c3)no2)c1. The minimum Gasteiger partial charge on any atom is -0.482 e. The molecule has 1 heterocycles. The first-order valence-electron chi connectivity index (χ1n) is 7.99. The number of ether oxygens (including phenoxy) is 2. The second-order valence-corrected chi connectivity index (χ2v) is 5.99. The minimum absolute atomic E-state index is 0.0880. The van der Waals surface area contributed by atoms with Gasteiger partial charge in [0, 0.05) is 16.1 Å².